The Kier molecular flexibility index (Phi) is 7.08. The third-order valence-electron chi connectivity index (χ3n) is 17.0. The van der Waals surface area contributed by atoms with Crippen LogP contribution in [0.25, 0.3) is 154 Å². The molecule has 4 aromatic heterocycles. The van der Waals surface area contributed by atoms with Gasteiger partial charge in [0.15, 0.2) is 0 Å². The Morgan fingerprint density at radius 2 is 0.653 bits per heavy atom. The summed E-state index contributed by atoms with van der Waals surface area (Å²) in [6, 6.07) is 66.1. The molecule has 15 aromatic rings. The third kappa shape index (κ3) is 4.87. The van der Waals surface area contributed by atoms with Gasteiger partial charge in [0.2, 0.25) is 0 Å². The number of fused-ring (bicyclic) bond motifs is 22. The maximum Gasteiger partial charge on any atom is 0.143 e. The van der Waals surface area contributed by atoms with Crippen molar-refractivity contribution in [1.29, 1.82) is 0 Å². The number of furan rings is 4. The number of para-hydroxylation sites is 2. The lowest BCUT2D eigenvalue weighted by Crippen LogP contribution is -2.17. The molecule has 0 aliphatic heterocycles. The third-order valence-corrected chi connectivity index (χ3v) is 17.0. The summed E-state index contributed by atoms with van der Waals surface area (Å²) in [5.41, 5.74) is 21.0. The highest BCUT2D eigenvalue weighted by Gasteiger charge is 2.45. The average Bonchev–Trinajstić information content (AvgIpc) is 4.23. The first-order chi connectivity index (χ1) is 35.2. The van der Waals surface area contributed by atoms with Crippen LogP contribution in [-0.2, 0) is 10.8 Å². The van der Waals surface area contributed by atoms with Gasteiger partial charge in [0.05, 0.1) is 0 Å². The lowest BCUT2D eigenvalue weighted by molar-refractivity contribution is 0.650. The van der Waals surface area contributed by atoms with E-state index in [-0.39, 0.29) is 10.8 Å². The van der Waals surface area contributed by atoms with Crippen molar-refractivity contribution in [2.75, 3.05) is 0 Å². The van der Waals surface area contributed by atoms with E-state index >= 15 is 0 Å². The second-order valence-corrected chi connectivity index (χ2v) is 21.5. The molecule has 0 fully saturated rings. The molecule has 0 unspecified atom stereocenters. The zero-order valence-electron chi connectivity index (χ0n) is 40.0. The fraction of sp³-hybridized carbons (Fsp3) is 0.0882. The van der Waals surface area contributed by atoms with Gasteiger partial charge in [-0.25, -0.2) is 0 Å². The number of hydrogen-bond acceptors (Lipinski definition) is 4. The van der Waals surface area contributed by atoms with Crippen molar-refractivity contribution in [3.63, 3.8) is 0 Å². The van der Waals surface area contributed by atoms with Crippen molar-refractivity contribution >= 4 is 109 Å². The molecule has 4 nitrogen and oxygen atoms in total. The maximum atomic E-state index is 7.00. The van der Waals surface area contributed by atoms with Gasteiger partial charge in [0, 0.05) is 65.0 Å². The molecule has 2 aliphatic rings. The summed E-state index contributed by atoms with van der Waals surface area (Å²) >= 11 is 0. The van der Waals surface area contributed by atoms with Crippen LogP contribution < -0.4 is 0 Å². The van der Waals surface area contributed by atoms with Crippen LogP contribution >= 0.6 is 0 Å². The minimum absolute atomic E-state index is 0.344. The summed E-state index contributed by atoms with van der Waals surface area (Å²) in [6.45, 7) is 9.61. The van der Waals surface area contributed by atoms with Crippen LogP contribution in [0.3, 0.4) is 0 Å². The predicted octanol–water partition coefficient (Wildman–Crippen LogP) is 19.5. The Morgan fingerprint density at radius 1 is 0.278 bits per heavy atom. The van der Waals surface area contributed by atoms with Crippen molar-refractivity contribution in [2.24, 2.45) is 0 Å². The summed E-state index contributed by atoms with van der Waals surface area (Å²) in [4.78, 5) is 0. The molecular weight excluding hydrogens is 881 g/mol. The smallest absolute Gasteiger partial charge is 0.143 e. The molecule has 11 aromatic carbocycles. The van der Waals surface area contributed by atoms with E-state index < -0.39 is 0 Å². The predicted molar refractivity (Wildman–Crippen MR) is 297 cm³/mol. The van der Waals surface area contributed by atoms with Gasteiger partial charge in [-0.15, -0.1) is 0 Å². The Hall–Kier alpha value is -8.86. The lowest BCUT2D eigenvalue weighted by atomic mass is 9.79. The van der Waals surface area contributed by atoms with Crippen molar-refractivity contribution in [2.45, 2.75) is 38.5 Å². The van der Waals surface area contributed by atoms with E-state index in [0.29, 0.717) is 0 Å². The van der Waals surface area contributed by atoms with Gasteiger partial charge in [-0.2, -0.15) is 0 Å². The van der Waals surface area contributed by atoms with Crippen LogP contribution in [-0.4, -0.2) is 0 Å². The highest BCUT2D eigenvalue weighted by atomic mass is 16.3. The van der Waals surface area contributed by atoms with E-state index in [4.69, 9.17) is 17.7 Å². The quantitative estimate of drug-likeness (QED) is 0.173. The first kappa shape index (κ1) is 38.9. The van der Waals surface area contributed by atoms with Gasteiger partial charge in [-0.3, -0.25) is 0 Å². The molecule has 72 heavy (non-hydrogen) atoms. The van der Waals surface area contributed by atoms with Gasteiger partial charge in [0.25, 0.3) is 0 Å². The van der Waals surface area contributed by atoms with Crippen molar-refractivity contribution < 1.29 is 17.7 Å². The Bertz CT molecular complexity index is 4670. The van der Waals surface area contributed by atoms with Crippen LogP contribution in [0.4, 0.5) is 0 Å². The number of benzene rings is 11. The first-order valence-electron chi connectivity index (χ1n) is 25.0. The zero-order chi connectivity index (χ0) is 47.5. The van der Waals surface area contributed by atoms with Crippen molar-refractivity contribution in [3.05, 3.63) is 204 Å². The second-order valence-electron chi connectivity index (χ2n) is 21.5. The van der Waals surface area contributed by atoms with Crippen LogP contribution in [0.2, 0.25) is 0 Å². The molecule has 0 saturated heterocycles. The van der Waals surface area contributed by atoms with Crippen LogP contribution in [0.15, 0.2) is 200 Å². The lowest BCUT2D eigenvalue weighted by Gasteiger charge is -2.24. The van der Waals surface area contributed by atoms with E-state index in [0.717, 1.165) is 110 Å². The Balaban J connectivity index is 0.878. The van der Waals surface area contributed by atoms with Gasteiger partial charge in [-0.1, -0.05) is 125 Å². The first-order valence-corrected chi connectivity index (χ1v) is 25.0. The maximum absolute atomic E-state index is 7.00. The standard InChI is InChI=1S/C68H42O4/c1-67(2)51-33-50-52(34-49(51)61-53(67)31-45(65-63(61)43-17-9-11-19-55(43)71-65)39-21-23-41-47-25-35-13-5-7-15-37(35)27-59(47)69-57(41)29-39)68(3,4)54-32-46(66-64(62(50)54)44-18-10-12-20-56(44)72-66)40-22-24-42-48-26-36-14-6-8-16-38(36)28-60(48)70-58(42)30-40/h5-34H,1-4H3. The van der Waals surface area contributed by atoms with E-state index in [2.05, 4.69) is 210 Å². The van der Waals surface area contributed by atoms with Gasteiger partial charge >= 0.3 is 0 Å². The van der Waals surface area contributed by atoms with Gasteiger partial charge < -0.3 is 17.7 Å². The highest BCUT2D eigenvalue weighted by Crippen LogP contribution is 2.61. The molecule has 4 heterocycles. The average molecular weight is 923 g/mol. The van der Waals surface area contributed by atoms with E-state index in [1.807, 2.05) is 0 Å². The molecule has 0 amide bonds. The largest absolute Gasteiger partial charge is 0.456 e. The molecule has 0 radical (unpaired) electrons. The Labute approximate surface area is 412 Å². The highest BCUT2D eigenvalue weighted by molar-refractivity contribution is 6.22. The molecule has 0 N–H and O–H groups in total. The minimum atomic E-state index is -0.344. The summed E-state index contributed by atoms with van der Waals surface area (Å²) in [5, 5.41) is 13.8. The molecule has 338 valence electrons. The van der Waals surface area contributed by atoms with Crippen LogP contribution in [0, 0.1) is 0 Å². The van der Waals surface area contributed by atoms with E-state index in [9.17, 15) is 0 Å². The number of hydrogen-bond donors (Lipinski definition) is 0. The summed E-state index contributed by atoms with van der Waals surface area (Å²) in [5.74, 6) is 0. The monoisotopic (exact) mass is 922 g/mol. The zero-order valence-corrected chi connectivity index (χ0v) is 40.0. The van der Waals surface area contributed by atoms with Crippen molar-refractivity contribution in [1.82, 2.24) is 0 Å². The molecule has 0 saturated carbocycles. The molecule has 0 spiro atoms. The fourth-order valence-electron chi connectivity index (χ4n) is 13.4. The molecule has 17 rings (SSSR count). The SMILES string of the molecule is CC1(C)c2cc3c(cc2-c2c1cc(-c1ccc4c(c1)oc1cc5ccccc5cc14)c1oc4ccccc4c21)C(C)(C)c1cc(-c2ccc4c(c2)oc2cc5ccccc5cc24)c2oc4ccccc4c2c1-3. The van der Waals surface area contributed by atoms with Crippen LogP contribution in [0.1, 0.15) is 49.9 Å². The molecule has 2 aliphatic carbocycles. The Morgan fingerprint density at radius 3 is 1.10 bits per heavy atom. The van der Waals surface area contributed by atoms with E-state index in [1.165, 1.54) is 66.1 Å². The molecular formula is C68H42O4. The molecule has 4 heteroatoms. The summed E-state index contributed by atoms with van der Waals surface area (Å²) in [6.07, 6.45) is 0. The normalized spacial score (nSPS) is 14.6. The van der Waals surface area contributed by atoms with Gasteiger partial charge in [-0.05, 0) is 162 Å². The van der Waals surface area contributed by atoms with E-state index in [1.54, 1.807) is 0 Å². The topological polar surface area (TPSA) is 52.6 Å². The molecule has 0 atom stereocenters. The summed E-state index contributed by atoms with van der Waals surface area (Å²) in [7, 11) is 0. The number of rotatable bonds is 2. The van der Waals surface area contributed by atoms with Gasteiger partial charge in [0.1, 0.15) is 44.7 Å². The van der Waals surface area contributed by atoms with Crippen molar-refractivity contribution in [3.8, 4) is 44.5 Å². The molecule has 0 bridgehead atoms. The van der Waals surface area contributed by atoms with Crippen LogP contribution in [0.5, 0.6) is 0 Å². The second kappa shape index (κ2) is 13.1. The summed E-state index contributed by atoms with van der Waals surface area (Å²) < 4.78 is 27.3. The fourth-order valence-corrected chi connectivity index (χ4v) is 13.4. The minimum Gasteiger partial charge on any atom is -0.456 e.